The Bertz CT molecular complexity index is 607. The lowest BCUT2D eigenvalue weighted by atomic mass is 10.0. The summed E-state index contributed by atoms with van der Waals surface area (Å²) in [6.07, 6.45) is 3.35. The van der Waals surface area contributed by atoms with Crippen molar-refractivity contribution in [2.45, 2.75) is 25.8 Å². The van der Waals surface area contributed by atoms with E-state index in [2.05, 4.69) is 33.2 Å². The Balaban J connectivity index is 2.28. The van der Waals surface area contributed by atoms with E-state index < -0.39 is 0 Å². The number of hydrogen-bond acceptors (Lipinski definition) is 2. The molecule has 0 aliphatic heterocycles. The molecule has 112 valence electrons. The maximum Gasteiger partial charge on any atom is 0.123 e. The molecule has 1 unspecified atom stereocenters. The minimum Gasteiger partial charge on any atom is -0.308 e. The molecule has 0 spiro atoms. The van der Waals surface area contributed by atoms with Crippen molar-refractivity contribution < 1.29 is 4.39 Å². The van der Waals surface area contributed by atoms with E-state index in [1.807, 2.05) is 6.07 Å². The van der Waals surface area contributed by atoms with Gasteiger partial charge in [-0.05, 0) is 55.3 Å². The summed E-state index contributed by atoms with van der Waals surface area (Å²) in [5.74, 6) is -0.241. The van der Waals surface area contributed by atoms with E-state index in [1.54, 1.807) is 24.4 Å². The van der Waals surface area contributed by atoms with Gasteiger partial charge < -0.3 is 5.32 Å². The zero-order valence-corrected chi connectivity index (χ0v) is 14.1. The van der Waals surface area contributed by atoms with Crippen LogP contribution in [-0.4, -0.2) is 11.5 Å². The molecule has 0 radical (unpaired) electrons. The topological polar surface area (TPSA) is 24.9 Å². The number of halogens is 3. The maximum absolute atomic E-state index is 13.4. The Kier molecular flexibility index (Phi) is 6.15. The van der Waals surface area contributed by atoms with Crippen molar-refractivity contribution in [3.63, 3.8) is 0 Å². The van der Waals surface area contributed by atoms with Gasteiger partial charge in [-0.15, -0.1) is 0 Å². The molecule has 0 fully saturated rings. The summed E-state index contributed by atoms with van der Waals surface area (Å²) in [5.41, 5.74) is 1.69. The molecule has 21 heavy (non-hydrogen) atoms. The van der Waals surface area contributed by atoms with Gasteiger partial charge in [0, 0.05) is 10.7 Å². The number of aromatic nitrogens is 1. The quantitative estimate of drug-likeness (QED) is 0.779. The minimum atomic E-state index is -0.241. The van der Waals surface area contributed by atoms with E-state index in [0.717, 1.165) is 28.7 Å². The highest BCUT2D eigenvalue weighted by Crippen LogP contribution is 2.27. The fourth-order valence-electron chi connectivity index (χ4n) is 2.16. The average molecular weight is 372 g/mol. The molecule has 5 heteroatoms. The number of rotatable bonds is 6. The minimum absolute atomic E-state index is 0.0447. The van der Waals surface area contributed by atoms with Gasteiger partial charge in [0.25, 0.3) is 0 Å². The van der Waals surface area contributed by atoms with Gasteiger partial charge in [0.1, 0.15) is 5.82 Å². The van der Waals surface area contributed by atoms with E-state index in [9.17, 15) is 4.39 Å². The van der Waals surface area contributed by atoms with E-state index >= 15 is 0 Å². The molecule has 0 aliphatic rings. The lowest BCUT2D eigenvalue weighted by molar-refractivity contribution is 0.515. The Morgan fingerprint density at radius 2 is 2.19 bits per heavy atom. The predicted octanol–water partition coefficient (Wildman–Crippen LogP) is 4.92. The van der Waals surface area contributed by atoms with Gasteiger partial charge in [0.2, 0.25) is 0 Å². The molecule has 0 bridgehead atoms. The molecule has 0 saturated heterocycles. The van der Waals surface area contributed by atoms with Gasteiger partial charge in [-0.1, -0.05) is 34.5 Å². The normalized spacial score (nSPS) is 12.4. The lowest BCUT2D eigenvalue weighted by Gasteiger charge is -2.20. The predicted molar refractivity (Wildman–Crippen MR) is 88.1 cm³/mol. The molecular formula is C16H17BrClFN2. The molecule has 1 N–H and O–H groups in total. The Morgan fingerprint density at radius 3 is 2.90 bits per heavy atom. The first-order valence-electron chi connectivity index (χ1n) is 6.89. The zero-order valence-electron chi connectivity index (χ0n) is 11.7. The van der Waals surface area contributed by atoms with Crippen LogP contribution < -0.4 is 5.32 Å². The first-order chi connectivity index (χ1) is 10.1. The van der Waals surface area contributed by atoms with Crippen molar-refractivity contribution in [3.05, 3.63) is 63.1 Å². The highest BCUT2D eigenvalue weighted by Gasteiger charge is 2.17. The largest absolute Gasteiger partial charge is 0.308 e. The average Bonchev–Trinajstić information content (AvgIpc) is 2.48. The molecule has 0 aliphatic carbocycles. The summed E-state index contributed by atoms with van der Waals surface area (Å²) >= 11 is 9.72. The van der Waals surface area contributed by atoms with Crippen LogP contribution in [0.15, 0.2) is 41.0 Å². The molecule has 1 aromatic carbocycles. The van der Waals surface area contributed by atoms with Crippen molar-refractivity contribution in [1.29, 1.82) is 0 Å². The SMILES string of the molecule is CCCNC(Cc1cc(F)ccc1Br)c1ncccc1Cl. The van der Waals surface area contributed by atoms with E-state index in [4.69, 9.17) is 11.6 Å². The summed E-state index contributed by atoms with van der Waals surface area (Å²) in [5, 5.41) is 4.06. The molecule has 2 aromatic rings. The van der Waals surface area contributed by atoms with Gasteiger partial charge in [-0.25, -0.2) is 4.39 Å². The van der Waals surface area contributed by atoms with Crippen LogP contribution in [0.1, 0.15) is 30.6 Å². The Labute approximate surface area is 137 Å². The highest BCUT2D eigenvalue weighted by molar-refractivity contribution is 9.10. The van der Waals surface area contributed by atoms with Crippen molar-refractivity contribution in [3.8, 4) is 0 Å². The third kappa shape index (κ3) is 4.50. The smallest absolute Gasteiger partial charge is 0.123 e. The lowest BCUT2D eigenvalue weighted by Crippen LogP contribution is -2.25. The van der Waals surface area contributed by atoms with Crippen LogP contribution in [0.5, 0.6) is 0 Å². The first-order valence-corrected chi connectivity index (χ1v) is 8.06. The van der Waals surface area contributed by atoms with Crippen LogP contribution in [0.4, 0.5) is 4.39 Å². The number of hydrogen-bond donors (Lipinski definition) is 1. The fraction of sp³-hybridized carbons (Fsp3) is 0.312. The van der Waals surface area contributed by atoms with Crippen LogP contribution >= 0.6 is 27.5 Å². The van der Waals surface area contributed by atoms with Crippen molar-refractivity contribution in [1.82, 2.24) is 10.3 Å². The molecule has 1 atom stereocenters. The van der Waals surface area contributed by atoms with Crippen LogP contribution in [0.3, 0.4) is 0 Å². The van der Waals surface area contributed by atoms with Crippen LogP contribution in [0.25, 0.3) is 0 Å². The van der Waals surface area contributed by atoms with Crippen LogP contribution in [-0.2, 0) is 6.42 Å². The first kappa shape index (κ1) is 16.4. The molecule has 1 aromatic heterocycles. The Hall–Kier alpha value is -0.970. The van der Waals surface area contributed by atoms with Gasteiger partial charge in [-0.3, -0.25) is 4.98 Å². The van der Waals surface area contributed by atoms with Gasteiger partial charge in [-0.2, -0.15) is 0 Å². The second-order valence-electron chi connectivity index (χ2n) is 4.82. The van der Waals surface area contributed by atoms with E-state index in [0.29, 0.717) is 11.4 Å². The second-order valence-corrected chi connectivity index (χ2v) is 6.08. The van der Waals surface area contributed by atoms with Crippen molar-refractivity contribution in [2.24, 2.45) is 0 Å². The number of benzene rings is 1. The molecular weight excluding hydrogens is 355 g/mol. The molecule has 2 rings (SSSR count). The van der Waals surface area contributed by atoms with Gasteiger partial charge in [0.05, 0.1) is 16.8 Å². The fourth-order valence-corrected chi connectivity index (χ4v) is 2.82. The molecule has 0 saturated carbocycles. The standard InChI is InChI=1S/C16H17BrClFN2/c1-2-7-20-15(16-14(18)4-3-8-21-16)10-11-9-12(19)5-6-13(11)17/h3-6,8-9,15,20H,2,7,10H2,1H3. The Morgan fingerprint density at radius 1 is 1.38 bits per heavy atom. The number of nitrogens with zero attached hydrogens (tertiary/aromatic N) is 1. The third-order valence-electron chi connectivity index (χ3n) is 3.19. The number of pyridine rings is 1. The molecule has 1 heterocycles. The molecule has 2 nitrogen and oxygen atoms in total. The van der Waals surface area contributed by atoms with Gasteiger partial charge in [0.15, 0.2) is 0 Å². The van der Waals surface area contributed by atoms with E-state index in [-0.39, 0.29) is 11.9 Å². The number of nitrogens with one attached hydrogen (secondary N) is 1. The molecule has 0 amide bonds. The third-order valence-corrected chi connectivity index (χ3v) is 4.28. The zero-order chi connectivity index (χ0) is 15.2. The highest BCUT2D eigenvalue weighted by atomic mass is 79.9. The monoisotopic (exact) mass is 370 g/mol. The summed E-state index contributed by atoms with van der Waals surface area (Å²) in [6.45, 7) is 2.95. The van der Waals surface area contributed by atoms with Crippen LogP contribution in [0.2, 0.25) is 5.02 Å². The second kappa shape index (κ2) is 7.87. The van der Waals surface area contributed by atoms with Crippen molar-refractivity contribution in [2.75, 3.05) is 6.54 Å². The maximum atomic E-state index is 13.4. The summed E-state index contributed by atoms with van der Waals surface area (Å²) < 4.78 is 14.3. The van der Waals surface area contributed by atoms with Crippen molar-refractivity contribution >= 4 is 27.5 Å². The van der Waals surface area contributed by atoms with E-state index in [1.165, 1.54) is 6.07 Å². The summed E-state index contributed by atoms with van der Waals surface area (Å²) in [6, 6.07) is 8.29. The summed E-state index contributed by atoms with van der Waals surface area (Å²) in [4.78, 5) is 4.38. The van der Waals surface area contributed by atoms with Gasteiger partial charge >= 0.3 is 0 Å². The summed E-state index contributed by atoms with van der Waals surface area (Å²) in [7, 11) is 0. The van der Waals surface area contributed by atoms with Crippen LogP contribution in [0, 0.1) is 5.82 Å².